The van der Waals surface area contributed by atoms with Crippen molar-refractivity contribution in [1.82, 2.24) is 0 Å². The van der Waals surface area contributed by atoms with E-state index < -0.39 is 11.9 Å². The van der Waals surface area contributed by atoms with Gasteiger partial charge in [-0.1, -0.05) is 29.3 Å². The molecule has 2 aromatic carbocycles. The summed E-state index contributed by atoms with van der Waals surface area (Å²) in [6, 6.07) is 10.1. The molecule has 1 saturated heterocycles. The van der Waals surface area contributed by atoms with Crippen LogP contribution in [0.2, 0.25) is 10.0 Å². The third-order valence-electron chi connectivity index (χ3n) is 4.42. The summed E-state index contributed by atoms with van der Waals surface area (Å²) in [5.41, 5.74) is 0.653. The average Bonchev–Trinajstić information content (AvgIpc) is 3.07. The van der Waals surface area contributed by atoms with Gasteiger partial charge in [0, 0.05) is 24.7 Å². The molecule has 1 amide bonds. The predicted octanol–water partition coefficient (Wildman–Crippen LogP) is 3.72. The molecule has 2 aliphatic rings. The Morgan fingerprint density at radius 2 is 1.89 bits per heavy atom. The van der Waals surface area contributed by atoms with Gasteiger partial charge in [-0.05, 0) is 24.3 Å². The summed E-state index contributed by atoms with van der Waals surface area (Å²) < 4.78 is 16.4. The van der Waals surface area contributed by atoms with Crippen LogP contribution in [0.1, 0.15) is 6.42 Å². The first-order valence-electron chi connectivity index (χ1n) is 8.38. The Labute approximate surface area is 165 Å². The SMILES string of the molecule is O=C(Oc1cccc(Cl)c1Cl)[C@H]1CC(=O)N(c2ccc3c(c2)OCCO3)C1. The van der Waals surface area contributed by atoms with Gasteiger partial charge in [0.2, 0.25) is 5.91 Å². The molecule has 0 spiro atoms. The van der Waals surface area contributed by atoms with Crippen LogP contribution in [-0.2, 0) is 9.59 Å². The number of benzene rings is 2. The summed E-state index contributed by atoms with van der Waals surface area (Å²) in [6.07, 6.45) is 0.0610. The van der Waals surface area contributed by atoms with E-state index in [0.29, 0.717) is 35.4 Å². The third kappa shape index (κ3) is 3.55. The van der Waals surface area contributed by atoms with Gasteiger partial charge < -0.3 is 19.1 Å². The minimum Gasteiger partial charge on any atom is -0.486 e. The summed E-state index contributed by atoms with van der Waals surface area (Å²) in [7, 11) is 0. The number of nitrogens with zero attached hydrogens (tertiary/aromatic N) is 1. The summed E-state index contributed by atoms with van der Waals surface area (Å²) in [6.45, 7) is 1.17. The number of halogens is 2. The van der Waals surface area contributed by atoms with E-state index in [1.807, 2.05) is 0 Å². The van der Waals surface area contributed by atoms with E-state index in [2.05, 4.69) is 0 Å². The Morgan fingerprint density at radius 3 is 2.70 bits per heavy atom. The number of ether oxygens (including phenoxy) is 3. The number of anilines is 1. The van der Waals surface area contributed by atoms with Crippen molar-refractivity contribution in [3.63, 3.8) is 0 Å². The van der Waals surface area contributed by atoms with Crippen LogP contribution in [0.25, 0.3) is 0 Å². The molecule has 2 heterocycles. The van der Waals surface area contributed by atoms with Crippen molar-refractivity contribution < 1.29 is 23.8 Å². The molecule has 0 aromatic heterocycles. The topological polar surface area (TPSA) is 65.1 Å². The highest BCUT2D eigenvalue weighted by molar-refractivity contribution is 6.43. The first kappa shape index (κ1) is 17.9. The maximum atomic E-state index is 12.5. The van der Waals surface area contributed by atoms with Crippen molar-refractivity contribution in [2.45, 2.75) is 6.42 Å². The van der Waals surface area contributed by atoms with E-state index in [1.54, 1.807) is 41.3 Å². The van der Waals surface area contributed by atoms with E-state index in [9.17, 15) is 9.59 Å². The van der Waals surface area contributed by atoms with E-state index >= 15 is 0 Å². The standard InChI is InChI=1S/C19H15Cl2NO5/c20-13-2-1-3-15(18(13)21)27-19(24)11-8-17(23)22(10-11)12-4-5-14-16(9-12)26-7-6-25-14/h1-5,9,11H,6-8,10H2/t11-/m0/s1. The summed E-state index contributed by atoms with van der Waals surface area (Å²) in [4.78, 5) is 26.5. The first-order valence-corrected chi connectivity index (χ1v) is 9.14. The molecule has 6 nitrogen and oxygen atoms in total. The van der Waals surface area contributed by atoms with Gasteiger partial charge in [0.25, 0.3) is 0 Å². The van der Waals surface area contributed by atoms with Crippen molar-refractivity contribution in [1.29, 1.82) is 0 Å². The second-order valence-corrected chi connectivity index (χ2v) is 6.99. The molecule has 0 unspecified atom stereocenters. The number of rotatable bonds is 3. The molecule has 27 heavy (non-hydrogen) atoms. The van der Waals surface area contributed by atoms with Gasteiger partial charge in [-0.25, -0.2) is 0 Å². The van der Waals surface area contributed by atoms with Crippen LogP contribution in [0.3, 0.4) is 0 Å². The van der Waals surface area contributed by atoms with Gasteiger partial charge >= 0.3 is 5.97 Å². The van der Waals surface area contributed by atoms with Crippen LogP contribution in [0.5, 0.6) is 17.2 Å². The molecule has 0 saturated carbocycles. The van der Waals surface area contributed by atoms with E-state index in [4.69, 9.17) is 37.4 Å². The van der Waals surface area contributed by atoms with Crippen LogP contribution in [0, 0.1) is 5.92 Å². The molecule has 140 valence electrons. The minimum atomic E-state index is -0.597. The van der Waals surface area contributed by atoms with Crippen molar-refractivity contribution in [3.05, 3.63) is 46.4 Å². The van der Waals surface area contributed by atoms with Crippen LogP contribution >= 0.6 is 23.2 Å². The Balaban J connectivity index is 1.49. The highest BCUT2D eigenvalue weighted by Crippen LogP contribution is 2.37. The smallest absolute Gasteiger partial charge is 0.316 e. The van der Waals surface area contributed by atoms with Crippen molar-refractivity contribution in [3.8, 4) is 17.2 Å². The summed E-state index contributed by atoms with van der Waals surface area (Å²) in [5.74, 6) is 0.130. The number of esters is 1. The molecule has 1 fully saturated rings. The lowest BCUT2D eigenvalue weighted by Gasteiger charge is -2.22. The zero-order chi connectivity index (χ0) is 19.0. The molecule has 0 radical (unpaired) electrons. The molecule has 0 aliphatic carbocycles. The maximum absolute atomic E-state index is 12.5. The van der Waals surface area contributed by atoms with Crippen LogP contribution in [0.15, 0.2) is 36.4 Å². The largest absolute Gasteiger partial charge is 0.486 e. The molecule has 2 aliphatic heterocycles. The van der Waals surface area contributed by atoms with Gasteiger partial charge in [0.05, 0.1) is 10.9 Å². The zero-order valence-electron chi connectivity index (χ0n) is 14.1. The van der Waals surface area contributed by atoms with Gasteiger partial charge in [-0.2, -0.15) is 0 Å². The normalized spacial score (nSPS) is 18.5. The highest BCUT2D eigenvalue weighted by atomic mass is 35.5. The summed E-state index contributed by atoms with van der Waals surface area (Å²) >= 11 is 12.0. The lowest BCUT2D eigenvalue weighted by atomic mass is 10.1. The number of amides is 1. The molecule has 0 N–H and O–H groups in total. The van der Waals surface area contributed by atoms with Gasteiger partial charge in [-0.15, -0.1) is 0 Å². The monoisotopic (exact) mass is 407 g/mol. The fraction of sp³-hybridized carbons (Fsp3) is 0.263. The van der Waals surface area contributed by atoms with Gasteiger partial charge in [0.15, 0.2) is 17.2 Å². The molecule has 8 heteroatoms. The van der Waals surface area contributed by atoms with Crippen LogP contribution < -0.4 is 19.1 Å². The van der Waals surface area contributed by atoms with Gasteiger partial charge in [0.1, 0.15) is 18.2 Å². The maximum Gasteiger partial charge on any atom is 0.316 e. The van der Waals surface area contributed by atoms with E-state index in [0.717, 1.165) is 0 Å². The van der Waals surface area contributed by atoms with Crippen molar-refractivity contribution >= 4 is 40.8 Å². The third-order valence-corrected chi connectivity index (χ3v) is 5.22. The molecular weight excluding hydrogens is 393 g/mol. The van der Waals surface area contributed by atoms with E-state index in [-0.39, 0.29) is 29.6 Å². The predicted molar refractivity (Wildman–Crippen MR) is 100.0 cm³/mol. The number of fused-ring (bicyclic) bond motifs is 1. The second-order valence-electron chi connectivity index (χ2n) is 6.21. The Bertz CT molecular complexity index is 917. The first-order chi connectivity index (χ1) is 13.0. The van der Waals surface area contributed by atoms with Gasteiger partial charge in [-0.3, -0.25) is 9.59 Å². The quantitative estimate of drug-likeness (QED) is 0.572. The van der Waals surface area contributed by atoms with Crippen LogP contribution in [0.4, 0.5) is 5.69 Å². The fourth-order valence-corrected chi connectivity index (χ4v) is 3.40. The van der Waals surface area contributed by atoms with Crippen molar-refractivity contribution in [2.75, 3.05) is 24.7 Å². The molecule has 2 aromatic rings. The Morgan fingerprint density at radius 1 is 1.11 bits per heavy atom. The lowest BCUT2D eigenvalue weighted by Crippen LogP contribution is -2.27. The molecule has 0 bridgehead atoms. The molecule has 4 rings (SSSR count). The lowest BCUT2D eigenvalue weighted by molar-refractivity contribution is -0.139. The Hall–Kier alpha value is -2.44. The number of hydrogen-bond acceptors (Lipinski definition) is 5. The second kappa shape index (κ2) is 7.29. The average molecular weight is 408 g/mol. The zero-order valence-corrected chi connectivity index (χ0v) is 15.6. The summed E-state index contributed by atoms with van der Waals surface area (Å²) in [5, 5.41) is 0.461. The van der Waals surface area contributed by atoms with Crippen molar-refractivity contribution in [2.24, 2.45) is 5.92 Å². The van der Waals surface area contributed by atoms with Crippen LogP contribution in [-0.4, -0.2) is 31.6 Å². The molecule has 1 atom stereocenters. The number of carbonyl (C=O) groups is 2. The Kier molecular flexibility index (Phi) is 4.85. The van der Waals surface area contributed by atoms with E-state index in [1.165, 1.54) is 0 Å². The highest BCUT2D eigenvalue weighted by Gasteiger charge is 2.37. The minimum absolute atomic E-state index is 0.0610. The number of carbonyl (C=O) groups excluding carboxylic acids is 2. The molecular formula is C19H15Cl2NO5. The fourth-order valence-electron chi connectivity index (χ4n) is 3.07. The number of hydrogen-bond donors (Lipinski definition) is 0.